The summed E-state index contributed by atoms with van der Waals surface area (Å²) in [7, 11) is 0. The van der Waals surface area contributed by atoms with Crippen molar-refractivity contribution in [2.24, 2.45) is 0 Å². The Morgan fingerprint density at radius 3 is 2.55 bits per heavy atom. The number of hydrogen-bond acceptors (Lipinski definition) is 2. The number of anilines is 1. The van der Waals surface area contributed by atoms with Crippen molar-refractivity contribution in [1.29, 1.82) is 0 Å². The summed E-state index contributed by atoms with van der Waals surface area (Å²) in [5.41, 5.74) is 3.12. The van der Waals surface area contributed by atoms with Crippen molar-refractivity contribution in [2.75, 3.05) is 5.32 Å². The van der Waals surface area contributed by atoms with E-state index < -0.39 is 0 Å². The van der Waals surface area contributed by atoms with Gasteiger partial charge in [-0.25, -0.2) is 0 Å². The smallest absolute Gasteiger partial charge is 0.170 e. The third-order valence-electron chi connectivity index (χ3n) is 2.98. The summed E-state index contributed by atoms with van der Waals surface area (Å²) in [6.07, 6.45) is 0. The standard InChI is InChI=1S/C16H21N3S.2H2/c1-10(2)14-7-5-12-9-13(6-8-15(12)19-14)18-16(20)17-11(3)4;;/h5-11H,1-4H3,(H2,17,18,20);2*1H. The maximum Gasteiger partial charge on any atom is 0.170 e. The van der Waals surface area contributed by atoms with E-state index in [4.69, 9.17) is 12.2 Å². The minimum atomic E-state index is 0. The fraction of sp³-hybridized carbons (Fsp3) is 0.375. The van der Waals surface area contributed by atoms with E-state index in [9.17, 15) is 0 Å². The molecule has 0 unspecified atom stereocenters. The lowest BCUT2D eigenvalue weighted by molar-refractivity contribution is 0.739. The van der Waals surface area contributed by atoms with Gasteiger partial charge in [-0.15, -0.1) is 0 Å². The molecule has 0 spiro atoms. The number of pyridine rings is 1. The van der Waals surface area contributed by atoms with Crippen LogP contribution in [-0.2, 0) is 0 Å². The molecule has 0 aliphatic carbocycles. The molecule has 4 heteroatoms. The Hall–Kier alpha value is -1.68. The summed E-state index contributed by atoms with van der Waals surface area (Å²) in [4.78, 5) is 4.67. The van der Waals surface area contributed by atoms with Crippen LogP contribution in [0, 0.1) is 0 Å². The first-order valence-electron chi connectivity index (χ1n) is 6.94. The highest BCUT2D eigenvalue weighted by molar-refractivity contribution is 7.80. The van der Waals surface area contributed by atoms with Crippen molar-refractivity contribution < 1.29 is 2.85 Å². The molecule has 20 heavy (non-hydrogen) atoms. The lowest BCUT2D eigenvalue weighted by Crippen LogP contribution is -2.33. The second-order valence-electron chi connectivity index (χ2n) is 5.55. The predicted octanol–water partition coefficient (Wildman–Crippen LogP) is 4.55. The van der Waals surface area contributed by atoms with Crippen molar-refractivity contribution in [3.05, 3.63) is 36.0 Å². The third kappa shape index (κ3) is 3.67. The monoisotopic (exact) mass is 291 g/mol. The summed E-state index contributed by atoms with van der Waals surface area (Å²) in [5.74, 6) is 0.444. The molecule has 1 heterocycles. The maximum atomic E-state index is 5.25. The van der Waals surface area contributed by atoms with Crippen molar-refractivity contribution in [3.63, 3.8) is 0 Å². The van der Waals surface area contributed by atoms with Crippen LogP contribution < -0.4 is 10.6 Å². The van der Waals surface area contributed by atoms with Crippen LogP contribution in [0.3, 0.4) is 0 Å². The molecule has 0 aliphatic heterocycles. The van der Waals surface area contributed by atoms with Crippen LogP contribution in [0.1, 0.15) is 42.2 Å². The first kappa shape index (κ1) is 14.7. The summed E-state index contributed by atoms with van der Waals surface area (Å²) in [6.45, 7) is 8.43. The molecule has 0 fully saturated rings. The number of nitrogens with one attached hydrogen (secondary N) is 2. The third-order valence-corrected chi connectivity index (χ3v) is 3.20. The zero-order chi connectivity index (χ0) is 14.7. The Morgan fingerprint density at radius 2 is 1.90 bits per heavy atom. The van der Waals surface area contributed by atoms with E-state index >= 15 is 0 Å². The minimum Gasteiger partial charge on any atom is -0.360 e. The molecule has 1 aromatic carbocycles. The number of hydrogen-bond donors (Lipinski definition) is 2. The topological polar surface area (TPSA) is 37.0 Å². The van der Waals surface area contributed by atoms with Gasteiger partial charge in [0.1, 0.15) is 0 Å². The predicted molar refractivity (Wildman–Crippen MR) is 94.6 cm³/mol. The molecule has 3 nitrogen and oxygen atoms in total. The number of fused-ring (bicyclic) bond motifs is 1. The van der Waals surface area contributed by atoms with Crippen molar-refractivity contribution in [2.45, 2.75) is 39.7 Å². The number of rotatable bonds is 3. The zero-order valence-electron chi connectivity index (χ0n) is 12.4. The highest BCUT2D eigenvalue weighted by atomic mass is 32.1. The molecular formula is C16H25N3S. The summed E-state index contributed by atoms with van der Waals surface area (Å²) < 4.78 is 0. The quantitative estimate of drug-likeness (QED) is 0.814. The number of benzene rings is 1. The molecule has 2 rings (SSSR count). The molecule has 2 aromatic rings. The molecule has 0 atom stereocenters. The number of nitrogens with zero attached hydrogens (tertiary/aromatic N) is 1. The number of thiocarbonyl (C=S) groups is 1. The largest absolute Gasteiger partial charge is 0.360 e. The van der Waals surface area contributed by atoms with Crippen molar-refractivity contribution in [1.82, 2.24) is 10.3 Å². The van der Waals surface area contributed by atoms with Gasteiger partial charge in [0.2, 0.25) is 0 Å². The second kappa shape index (κ2) is 6.18. The van der Waals surface area contributed by atoms with E-state index in [2.05, 4.69) is 61.5 Å². The van der Waals surface area contributed by atoms with Gasteiger partial charge in [0.05, 0.1) is 5.52 Å². The molecule has 1 aromatic heterocycles. The van der Waals surface area contributed by atoms with E-state index in [-0.39, 0.29) is 2.85 Å². The SMILES string of the molecule is CC(C)NC(=S)Nc1ccc2nc(C(C)C)ccc2c1.[HH].[HH]. The molecular weight excluding hydrogens is 266 g/mol. The minimum absolute atomic E-state index is 0. The fourth-order valence-electron chi connectivity index (χ4n) is 1.97. The first-order valence-corrected chi connectivity index (χ1v) is 7.35. The van der Waals surface area contributed by atoms with E-state index in [1.54, 1.807) is 0 Å². The van der Waals surface area contributed by atoms with Gasteiger partial charge >= 0.3 is 0 Å². The Morgan fingerprint density at radius 1 is 1.15 bits per heavy atom. The second-order valence-corrected chi connectivity index (χ2v) is 5.96. The zero-order valence-corrected chi connectivity index (χ0v) is 13.2. The van der Waals surface area contributed by atoms with E-state index in [0.717, 1.165) is 22.3 Å². The average molecular weight is 291 g/mol. The Kier molecular flexibility index (Phi) is 4.55. The van der Waals surface area contributed by atoms with Gasteiger partial charge in [0.15, 0.2) is 5.11 Å². The molecule has 0 amide bonds. The van der Waals surface area contributed by atoms with Crippen LogP contribution in [-0.4, -0.2) is 16.1 Å². The molecule has 110 valence electrons. The molecule has 0 aliphatic rings. The summed E-state index contributed by atoms with van der Waals surface area (Å²) in [5, 5.41) is 8.13. The average Bonchev–Trinajstić information content (AvgIpc) is 2.36. The van der Waals surface area contributed by atoms with Crippen LogP contribution in [0.15, 0.2) is 30.3 Å². The van der Waals surface area contributed by atoms with Crippen LogP contribution >= 0.6 is 12.2 Å². The Bertz CT molecular complexity index is 630. The van der Waals surface area contributed by atoms with E-state index in [1.807, 2.05) is 12.1 Å². The van der Waals surface area contributed by atoms with Crippen LogP contribution in [0.25, 0.3) is 10.9 Å². The van der Waals surface area contributed by atoms with Crippen molar-refractivity contribution >= 4 is 33.9 Å². The molecule has 0 bridgehead atoms. The Labute approximate surface area is 128 Å². The van der Waals surface area contributed by atoms with Gasteiger partial charge in [-0.05, 0) is 56.2 Å². The normalized spacial score (nSPS) is 11.1. The van der Waals surface area contributed by atoms with Crippen molar-refractivity contribution in [3.8, 4) is 0 Å². The Balaban J connectivity index is 0.00000220. The fourth-order valence-corrected chi connectivity index (χ4v) is 2.32. The summed E-state index contributed by atoms with van der Waals surface area (Å²) in [6, 6.07) is 10.6. The maximum absolute atomic E-state index is 5.25. The van der Waals surface area contributed by atoms with Crippen LogP contribution in [0.5, 0.6) is 0 Å². The lowest BCUT2D eigenvalue weighted by Gasteiger charge is -2.13. The molecule has 0 radical (unpaired) electrons. The number of aromatic nitrogens is 1. The molecule has 0 saturated carbocycles. The summed E-state index contributed by atoms with van der Waals surface area (Å²) >= 11 is 5.25. The highest BCUT2D eigenvalue weighted by Crippen LogP contribution is 2.21. The van der Waals surface area contributed by atoms with Gasteiger partial charge in [-0.2, -0.15) is 0 Å². The van der Waals surface area contributed by atoms with Gasteiger partial charge in [0.25, 0.3) is 0 Å². The van der Waals surface area contributed by atoms with E-state index in [1.165, 1.54) is 0 Å². The van der Waals surface area contributed by atoms with Gasteiger partial charge in [0, 0.05) is 25.7 Å². The van der Waals surface area contributed by atoms with Gasteiger partial charge in [-0.1, -0.05) is 19.9 Å². The highest BCUT2D eigenvalue weighted by Gasteiger charge is 2.04. The molecule has 2 N–H and O–H groups in total. The molecule has 0 saturated heterocycles. The first-order chi connectivity index (χ1) is 9.45. The van der Waals surface area contributed by atoms with Crippen LogP contribution in [0.2, 0.25) is 0 Å². The van der Waals surface area contributed by atoms with Gasteiger partial charge in [-0.3, -0.25) is 4.98 Å². The van der Waals surface area contributed by atoms with Crippen LogP contribution in [0.4, 0.5) is 5.69 Å². The van der Waals surface area contributed by atoms with Gasteiger partial charge < -0.3 is 10.6 Å². The lowest BCUT2D eigenvalue weighted by atomic mass is 10.1. The van der Waals surface area contributed by atoms with E-state index in [0.29, 0.717) is 17.1 Å².